The first kappa shape index (κ1) is 23.7. The molecular weight excluding hydrogens is 211 g/mol. The van der Waals surface area contributed by atoms with Crippen molar-refractivity contribution in [3.63, 3.8) is 0 Å². The second-order valence-electron chi connectivity index (χ2n) is 1.81. The molecule has 0 heterocycles. The molecule has 76 valence electrons. The Morgan fingerprint density at radius 2 is 1.71 bits per heavy atom. The van der Waals surface area contributed by atoms with Crippen molar-refractivity contribution in [2.24, 2.45) is 0 Å². The summed E-state index contributed by atoms with van der Waals surface area (Å²) in [6.07, 6.45) is 0.833. The molecule has 0 radical (unpaired) electrons. The molecule has 0 bridgehead atoms. The zero-order chi connectivity index (χ0) is 10.1. The fourth-order valence-electron chi connectivity index (χ4n) is 0.174. The topological polar surface area (TPSA) is 63.6 Å². The Morgan fingerprint density at radius 1 is 1.43 bits per heavy atom. The van der Waals surface area contributed by atoms with Gasteiger partial charge < -0.3 is 17.3 Å². The molecule has 4 nitrogen and oxygen atoms in total. The van der Waals surface area contributed by atoms with Gasteiger partial charge in [0, 0.05) is 11.6 Å². The Kier molecular flexibility index (Phi) is 26.3. The average molecular weight is 226 g/mol. The number of ether oxygens (including phenoxy) is 1. The molecule has 0 saturated heterocycles. The van der Waals surface area contributed by atoms with Crippen molar-refractivity contribution in [3.05, 3.63) is 32.2 Å². The first-order chi connectivity index (χ1) is 5.45. The molecule has 0 aliphatic rings. The Morgan fingerprint density at radius 3 is 1.71 bits per heavy atom. The average Bonchev–Trinajstić information content (AvgIpc) is 2.04. The number of carboxylic acids is 1. The van der Waals surface area contributed by atoms with E-state index in [1.807, 2.05) is 0 Å². The van der Waals surface area contributed by atoms with E-state index >= 15 is 0 Å². The monoisotopic (exact) mass is 226 g/mol. The van der Waals surface area contributed by atoms with E-state index in [9.17, 15) is 9.59 Å². The molecular formula is C9H15KO4. The maximum absolute atomic E-state index is 10.2. The van der Waals surface area contributed by atoms with Crippen LogP contribution in [0.2, 0.25) is 0 Å². The number of hydrogen-bond donors (Lipinski definition) is 1. The minimum Gasteiger partial charge on any atom is -0.478 e. The third-order valence-electron chi connectivity index (χ3n) is 0.708. The Labute approximate surface area is 127 Å². The van der Waals surface area contributed by atoms with Crippen molar-refractivity contribution in [2.45, 2.75) is 6.92 Å². The normalized spacial score (nSPS) is 6.14. The van der Waals surface area contributed by atoms with Crippen LogP contribution in [0, 0.1) is 7.43 Å². The van der Waals surface area contributed by atoms with Crippen LogP contribution in [-0.2, 0) is 14.3 Å². The van der Waals surface area contributed by atoms with Crippen LogP contribution in [-0.4, -0.2) is 24.2 Å². The van der Waals surface area contributed by atoms with E-state index in [4.69, 9.17) is 5.11 Å². The van der Waals surface area contributed by atoms with Gasteiger partial charge in [0.1, 0.15) is 0 Å². The number of aliphatic carboxylic acids is 1. The maximum Gasteiger partial charge on any atom is 1.00 e. The molecule has 0 aliphatic carbocycles. The molecule has 1 N–H and O–H groups in total. The van der Waals surface area contributed by atoms with Crippen LogP contribution >= 0.6 is 0 Å². The van der Waals surface area contributed by atoms with Gasteiger partial charge in [-0.3, -0.25) is 0 Å². The largest absolute Gasteiger partial charge is 1.00 e. The first-order valence-corrected chi connectivity index (χ1v) is 3.04. The van der Waals surface area contributed by atoms with Gasteiger partial charge in [-0.15, -0.1) is 0 Å². The SMILES string of the molecule is C=C(C)C(=O)OC.C=CC(=O)O.[CH3-].[K+]. The molecule has 0 aromatic carbocycles. The Hall–Kier alpha value is 0.0564. The molecule has 0 spiro atoms. The zero-order valence-corrected chi connectivity index (χ0v) is 12.3. The molecule has 0 unspecified atom stereocenters. The summed E-state index contributed by atoms with van der Waals surface area (Å²) in [5, 5.41) is 7.60. The van der Waals surface area contributed by atoms with Gasteiger partial charge in [-0.2, -0.15) is 0 Å². The second kappa shape index (κ2) is 15.5. The van der Waals surface area contributed by atoms with Crippen molar-refractivity contribution < 1.29 is 70.8 Å². The number of methoxy groups -OCH3 is 1. The van der Waals surface area contributed by atoms with E-state index in [0.717, 1.165) is 6.08 Å². The first-order valence-electron chi connectivity index (χ1n) is 3.04. The van der Waals surface area contributed by atoms with Crippen molar-refractivity contribution in [2.75, 3.05) is 7.11 Å². The third-order valence-corrected chi connectivity index (χ3v) is 0.708. The van der Waals surface area contributed by atoms with Gasteiger partial charge >= 0.3 is 63.3 Å². The van der Waals surface area contributed by atoms with Gasteiger partial charge in [-0.05, 0) is 6.92 Å². The Balaban J connectivity index is -0.0000000651. The zero-order valence-electron chi connectivity index (χ0n) is 9.16. The predicted molar refractivity (Wildman–Crippen MR) is 51.1 cm³/mol. The molecule has 14 heavy (non-hydrogen) atoms. The quantitative estimate of drug-likeness (QED) is 0.268. The van der Waals surface area contributed by atoms with Crippen molar-refractivity contribution in [3.8, 4) is 0 Å². The molecule has 0 saturated carbocycles. The van der Waals surface area contributed by atoms with E-state index in [1.54, 1.807) is 6.92 Å². The fourth-order valence-corrected chi connectivity index (χ4v) is 0.174. The Bertz CT molecular complexity index is 199. The summed E-state index contributed by atoms with van der Waals surface area (Å²) in [5.74, 6) is -1.33. The number of rotatable bonds is 2. The summed E-state index contributed by atoms with van der Waals surface area (Å²) in [5.41, 5.74) is 0.433. The molecule has 0 atom stereocenters. The van der Waals surface area contributed by atoms with E-state index in [1.165, 1.54) is 7.11 Å². The van der Waals surface area contributed by atoms with E-state index in [2.05, 4.69) is 17.9 Å². The van der Waals surface area contributed by atoms with Crippen LogP contribution < -0.4 is 51.4 Å². The van der Waals surface area contributed by atoms with Gasteiger partial charge in [0.15, 0.2) is 0 Å². The minimum atomic E-state index is -0.981. The maximum atomic E-state index is 10.2. The smallest absolute Gasteiger partial charge is 0.478 e. The number of carbonyl (C=O) groups is 2. The van der Waals surface area contributed by atoms with Crippen molar-refractivity contribution in [1.82, 2.24) is 0 Å². The summed E-state index contributed by atoms with van der Waals surface area (Å²) in [6, 6.07) is 0. The van der Waals surface area contributed by atoms with Crippen molar-refractivity contribution >= 4 is 11.9 Å². The summed E-state index contributed by atoms with van der Waals surface area (Å²) in [7, 11) is 1.33. The molecule has 0 aromatic heterocycles. The summed E-state index contributed by atoms with van der Waals surface area (Å²) in [6.45, 7) is 7.92. The molecule has 0 rings (SSSR count). The van der Waals surface area contributed by atoms with Gasteiger partial charge in [-0.25, -0.2) is 9.59 Å². The molecule has 0 aliphatic heterocycles. The minimum absolute atomic E-state index is 0. The fraction of sp³-hybridized carbons (Fsp3) is 0.222. The van der Waals surface area contributed by atoms with Crippen LogP contribution in [0.1, 0.15) is 6.92 Å². The molecule has 0 amide bonds. The predicted octanol–water partition coefficient (Wildman–Crippen LogP) is -1.55. The summed E-state index contributed by atoms with van der Waals surface area (Å²) >= 11 is 0. The van der Waals surface area contributed by atoms with E-state index < -0.39 is 5.97 Å². The standard InChI is InChI=1S/C5H8O2.C3H4O2.CH3.K/c1-4(2)5(6)7-3;1-2-3(4)5;;/h1H2,2-3H3;2H,1H2,(H,4,5);1H3;/q;;-1;+1. The van der Waals surface area contributed by atoms with Crippen LogP contribution in [0.4, 0.5) is 0 Å². The molecule has 5 heteroatoms. The number of hydrogen-bond acceptors (Lipinski definition) is 3. The third kappa shape index (κ3) is 22.7. The number of carboxylic acid groups (broad SMARTS) is 1. The van der Waals surface area contributed by atoms with E-state index in [-0.39, 0.29) is 64.8 Å². The van der Waals surface area contributed by atoms with Gasteiger partial charge in [0.05, 0.1) is 7.11 Å². The molecule has 0 aromatic rings. The second-order valence-corrected chi connectivity index (χ2v) is 1.81. The number of carbonyl (C=O) groups excluding carboxylic acids is 1. The summed E-state index contributed by atoms with van der Waals surface area (Å²) < 4.78 is 4.27. The van der Waals surface area contributed by atoms with Gasteiger partial charge in [-0.1, -0.05) is 13.2 Å². The van der Waals surface area contributed by atoms with Crippen LogP contribution in [0.5, 0.6) is 0 Å². The van der Waals surface area contributed by atoms with Gasteiger partial charge in [0.25, 0.3) is 0 Å². The van der Waals surface area contributed by atoms with Crippen molar-refractivity contribution in [1.29, 1.82) is 0 Å². The number of esters is 1. The van der Waals surface area contributed by atoms with Crippen LogP contribution in [0.15, 0.2) is 24.8 Å². The van der Waals surface area contributed by atoms with E-state index in [0.29, 0.717) is 5.57 Å². The van der Waals surface area contributed by atoms with Crippen LogP contribution in [0.25, 0.3) is 0 Å². The van der Waals surface area contributed by atoms with Crippen LogP contribution in [0.3, 0.4) is 0 Å². The van der Waals surface area contributed by atoms with Gasteiger partial charge in [0.2, 0.25) is 0 Å². The molecule has 0 fully saturated rings. The summed E-state index contributed by atoms with van der Waals surface area (Å²) in [4.78, 5) is 19.4.